The van der Waals surface area contributed by atoms with Crippen LogP contribution < -0.4 is 5.32 Å². The van der Waals surface area contributed by atoms with Crippen molar-refractivity contribution < 1.29 is 10.2 Å². The Kier molecular flexibility index (Phi) is 5.34. The van der Waals surface area contributed by atoms with Crippen LogP contribution in [0.2, 0.25) is 0 Å². The van der Waals surface area contributed by atoms with Gasteiger partial charge in [0.1, 0.15) is 5.75 Å². The van der Waals surface area contributed by atoms with Gasteiger partial charge in [0.2, 0.25) is 0 Å². The topological polar surface area (TPSA) is 68.6 Å². The number of hydrogen-bond acceptors (Lipinski definition) is 5. The van der Waals surface area contributed by atoms with Gasteiger partial charge in [0.25, 0.3) is 0 Å². The van der Waals surface area contributed by atoms with Crippen LogP contribution >= 0.6 is 0 Å². The lowest BCUT2D eigenvalue weighted by molar-refractivity contribution is 0.276. The van der Waals surface area contributed by atoms with Crippen molar-refractivity contribution >= 4 is 0 Å². The number of aromatic nitrogens is 1. The van der Waals surface area contributed by atoms with Crippen molar-refractivity contribution in [1.29, 1.82) is 0 Å². The molecular weight excluding hydrogens is 254 g/mol. The van der Waals surface area contributed by atoms with Crippen LogP contribution in [-0.2, 0) is 13.2 Å². The predicted molar refractivity (Wildman–Crippen MR) is 78.5 cm³/mol. The highest BCUT2D eigenvalue weighted by atomic mass is 16.3. The van der Waals surface area contributed by atoms with Gasteiger partial charge in [0.15, 0.2) is 0 Å². The van der Waals surface area contributed by atoms with Crippen molar-refractivity contribution in [1.82, 2.24) is 15.2 Å². The van der Waals surface area contributed by atoms with Crippen molar-refractivity contribution in [3.8, 4) is 5.75 Å². The summed E-state index contributed by atoms with van der Waals surface area (Å²) in [6.07, 6.45) is 4.23. The normalized spacial score (nSPS) is 17.6. The number of aliphatic hydroxyl groups excluding tert-OH is 1. The zero-order valence-corrected chi connectivity index (χ0v) is 12.4. The van der Waals surface area contributed by atoms with Gasteiger partial charge in [-0.05, 0) is 39.8 Å². The molecule has 1 aliphatic rings. The summed E-state index contributed by atoms with van der Waals surface area (Å²) in [4.78, 5) is 6.54. The van der Waals surface area contributed by atoms with Crippen molar-refractivity contribution in [3.63, 3.8) is 0 Å². The number of hydrogen-bond donors (Lipinski definition) is 3. The molecule has 1 aliphatic heterocycles. The third kappa shape index (κ3) is 3.69. The largest absolute Gasteiger partial charge is 0.506 e. The van der Waals surface area contributed by atoms with E-state index in [0.29, 0.717) is 23.8 Å². The van der Waals surface area contributed by atoms with E-state index >= 15 is 0 Å². The number of pyridine rings is 1. The molecule has 2 heterocycles. The third-order valence-electron chi connectivity index (χ3n) is 3.96. The molecule has 0 radical (unpaired) electrons. The molecule has 1 aromatic rings. The molecule has 0 aliphatic carbocycles. The molecule has 20 heavy (non-hydrogen) atoms. The van der Waals surface area contributed by atoms with Crippen LogP contribution in [-0.4, -0.2) is 45.8 Å². The lowest BCUT2D eigenvalue weighted by Gasteiger charge is -2.22. The average molecular weight is 279 g/mol. The van der Waals surface area contributed by atoms with E-state index in [1.54, 1.807) is 13.1 Å². The number of aromatic hydroxyl groups is 1. The van der Waals surface area contributed by atoms with Crippen LogP contribution in [0.5, 0.6) is 5.75 Å². The van der Waals surface area contributed by atoms with Crippen LogP contribution in [0.4, 0.5) is 0 Å². The minimum Gasteiger partial charge on any atom is -0.506 e. The zero-order valence-electron chi connectivity index (χ0n) is 12.4. The first-order valence-corrected chi connectivity index (χ1v) is 7.34. The van der Waals surface area contributed by atoms with Gasteiger partial charge in [-0.2, -0.15) is 0 Å². The van der Waals surface area contributed by atoms with E-state index in [-0.39, 0.29) is 12.4 Å². The molecule has 5 heteroatoms. The van der Waals surface area contributed by atoms with Crippen molar-refractivity contribution in [3.05, 3.63) is 23.0 Å². The lowest BCUT2D eigenvalue weighted by Crippen LogP contribution is -2.37. The first kappa shape index (κ1) is 15.2. The number of rotatable bonds is 6. The summed E-state index contributed by atoms with van der Waals surface area (Å²) < 4.78 is 0. The van der Waals surface area contributed by atoms with Crippen molar-refractivity contribution in [2.24, 2.45) is 0 Å². The molecule has 1 atom stereocenters. The second-order valence-electron chi connectivity index (χ2n) is 5.64. The molecule has 1 fully saturated rings. The summed E-state index contributed by atoms with van der Waals surface area (Å²) in [6, 6.07) is 0.354. The molecule has 5 nitrogen and oxygen atoms in total. The standard InChI is InChI=1S/C15H25N3O2/c1-11(9-18-5-3-4-6-18)16-8-14-13(10-19)7-17-12(2)15(14)20/h7,11,16,19-20H,3-6,8-10H2,1-2H3. The lowest BCUT2D eigenvalue weighted by atomic mass is 10.1. The summed E-state index contributed by atoms with van der Waals surface area (Å²) in [5.41, 5.74) is 2.05. The fourth-order valence-electron chi connectivity index (χ4n) is 2.71. The second-order valence-corrected chi connectivity index (χ2v) is 5.64. The number of aliphatic hydroxyl groups is 1. The van der Waals surface area contributed by atoms with Crippen LogP contribution in [0.3, 0.4) is 0 Å². The van der Waals surface area contributed by atoms with Crippen molar-refractivity contribution in [2.75, 3.05) is 19.6 Å². The van der Waals surface area contributed by atoms with Gasteiger partial charge in [0.05, 0.1) is 12.3 Å². The third-order valence-corrected chi connectivity index (χ3v) is 3.96. The molecule has 3 N–H and O–H groups in total. The monoisotopic (exact) mass is 279 g/mol. The maximum absolute atomic E-state index is 10.1. The van der Waals surface area contributed by atoms with Crippen LogP contribution in [0, 0.1) is 6.92 Å². The van der Waals surface area contributed by atoms with E-state index in [2.05, 4.69) is 22.1 Å². The minimum absolute atomic E-state index is 0.0988. The predicted octanol–water partition coefficient (Wildman–Crippen LogP) is 1.16. The first-order valence-electron chi connectivity index (χ1n) is 7.34. The second kappa shape index (κ2) is 7.02. The van der Waals surface area contributed by atoms with Gasteiger partial charge in [-0.25, -0.2) is 0 Å². The number of nitrogens with zero attached hydrogens (tertiary/aromatic N) is 2. The van der Waals surface area contributed by atoms with Crippen LogP contribution in [0.1, 0.15) is 36.6 Å². The highest BCUT2D eigenvalue weighted by Crippen LogP contribution is 2.23. The number of likely N-dealkylation sites (tertiary alicyclic amines) is 1. The Hall–Kier alpha value is -1.17. The molecule has 0 bridgehead atoms. The molecule has 0 saturated carbocycles. The SMILES string of the molecule is Cc1ncc(CO)c(CNC(C)CN2CCCC2)c1O. The molecule has 1 unspecified atom stereocenters. The van der Waals surface area contributed by atoms with Crippen LogP contribution in [0.15, 0.2) is 6.20 Å². The van der Waals surface area contributed by atoms with E-state index in [0.717, 1.165) is 12.1 Å². The van der Waals surface area contributed by atoms with E-state index in [1.807, 2.05) is 0 Å². The zero-order chi connectivity index (χ0) is 14.5. The Bertz CT molecular complexity index is 445. The van der Waals surface area contributed by atoms with Gasteiger partial charge in [-0.3, -0.25) is 4.98 Å². The smallest absolute Gasteiger partial charge is 0.141 e. The Balaban J connectivity index is 1.94. The molecule has 1 saturated heterocycles. The minimum atomic E-state index is -0.0988. The Morgan fingerprint density at radius 3 is 2.75 bits per heavy atom. The van der Waals surface area contributed by atoms with E-state index < -0.39 is 0 Å². The number of nitrogens with one attached hydrogen (secondary N) is 1. The Morgan fingerprint density at radius 2 is 2.10 bits per heavy atom. The molecule has 0 aromatic carbocycles. The van der Waals surface area contributed by atoms with Gasteiger partial charge < -0.3 is 20.4 Å². The van der Waals surface area contributed by atoms with Gasteiger partial charge in [0, 0.05) is 36.5 Å². The summed E-state index contributed by atoms with van der Waals surface area (Å²) in [5.74, 6) is 0.192. The summed E-state index contributed by atoms with van der Waals surface area (Å²) in [5, 5.41) is 22.9. The van der Waals surface area contributed by atoms with Crippen LogP contribution in [0.25, 0.3) is 0 Å². The summed E-state index contributed by atoms with van der Waals surface area (Å²) in [7, 11) is 0. The average Bonchev–Trinajstić information content (AvgIpc) is 2.93. The van der Waals surface area contributed by atoms with E-state index in [4.69, 9.17) is 0 Å². The molecule has 0 amide bonds. The quantitative estimate of drug-likeness (QED) is 0.729. The Labute approximate surface area is 120 Å². The highest BCUT2D eigenvalue weighted by Gasteiger charge is 2.16. The summed E-state index contributed by atoms with van der Waals surface area (Å²) >= 11 is 0. The molecular formula is C15H25N3O2. The van der Waals surface area contributed by atoms with Gasteiger partial charge in [-0.15, -0.1) is 0 Å². The molecule has 2 rings (SSSR count). The van der Waals surface area contributed by atoms with E-state index in [1.165, 1.54) is 25.9 Å². The highest BCUT2D eigenvalue weighted by molar-refractivity contribution is 5.40. The maximum atomic E-state index is 10.1. The van der Waals surface area contributed by atoms with Gasteiger partial charge >= 0.3 is 0 Å². The maximum Gasteiger partial charge on any atom is 0.141 e. The fourth-order valence-corrected chi connectivity index (χ4v) is 2.71. The molecule has 0 spiro atoms. The Morgan fingerprint density at radius 1 is 1.40 bits per heavy atom. The van der Waals surface area contributed by atoms with E-state index in [9.17, 15) is 10.2 Å². The summed E-state index contributed by atoms with van der Waals surface area (Å²) in [6.45, 7) is 7.79. The molecule has 1 aromatic heterocycles. The van der Waals surface area contributed by atoms with Crippen molar-refractivity contribution in [2.45, 2.75) is 45.9 Å². The molecule has 112 valence electrons. The van der Waals surface area contributed by atoms with Gasteiger partial charge in [-0.1, -0.05) is 0 Å². The number of aryl methyl sites for hydroxylation is 1. The fraction of sp³-hybridized carbons (Fsp3) is 0.667. The first-order chi connectivity index (χ1) is 9.61.